The molecule has 0 bridgehead atoms. The van der Waals surface area contributed by atoms with Gasteiger partial charge in [-0.25, -0.2) is 0 Å². The largest absolute Gasteiger partial charge is 0.325 e. The summed E-state index contributed by atoms with van der Waals surface area (Å²) >= 11 is 1.24. The third-order valence-electron chi connectivity index (χ3n) is 4.49. The molecule has 3 aromatic carbocycles. The van der Waals surface area contributed by atoms with Crippen LogP contribution in [0.4, 0.5) is 5.69 Å². The molecule has 0 saturated carbocycles. The lowest BCUT2D eigenvalue weighted by Crippen LogP contribution is -2.35. The lowest BCUT2D eigenvalue weighted by molar-refractivity contribution is -0.120. The van der Waals surface area contributed by atoms with Crippen molar-refractivity contribution in [2.45, 2.75) is 12.5 Å². The number of rotatable bonds is 4. The van der Waals surface area contributed by atoms with Crippen molar-refractivity contribution in [1.82, 2.24) is 5.32 Å². The maximum atomic E-state index is 12.4. The molecule has 1 atom stereocenters. The van der Waals surface area contributed by atoms with Crippen LogP contribution in [0.15, 0.2) is 77.8 Å². The van der Waals surface area contributed by atoms with Gasteiger partial charge in [0.2, 0.25) is 11.8 Å². The van der Waals surface area contributed by atoms with Crippen LogP contribution in [0.2, 0.25) is 0 Å². The van der Waals surface area contributed by atoms with Crippen LogP contribution in [0, 0.1) is 0 Å². The Balaban J connectivity index is 1.42. The van der Waals surface area contributed by atoms with E-state index in [-0.39, 0.29) is 23.6 Å². The van der Waals surface area contributed by atoms with Gasteiger partial charge in [0, 0.05) is 11.1 Å². The predicted octanol–water partition coefficient (Wildman–Crippen LogP) is 4.13. The molecule has 1 aliphatic heterocycles. The average Bonchev–Trinajstić information content (AvgIpc) is 2.73. The lowest BCUT2D eigenvalue weighted by atomic mass is 10.0. The van der Waals surface area contributed by atoms with Gasteiger partial charge in [0.15, 0.2) is 5.17 Å². The van der Waals surface area contributed by atoms with E-state index in [1.54, 1.807) is 0 Å². The van der Waals surface area contributed by atoms with E-state index in [9.17, 15) is 9.59 Å². The maximum absolute atomic E-state index is 12.4. The summed E-state index contributed by atoms with van der Waals surface area (Å²) in [5.74, 6) is -0.0509. The van der Waals surface area contributed by atoms with Crippen molar-refractivity contribution >= 4 is 45.2 Å². The Hall–Kier alpha value is -3.12. The Morgan fingerprint density at radius 3 is 2.64 bits per heavy atom. The fraction of sp³-hybridized carbons (Fsp3) is 0.136. The zero-order valence-electron chi connectivity index (χ0n) is 15.1. The van der Waals surface area contributed by atoms with Crippen LogP contribution in [0.5, 0.6) is 0 Å². The SMILES string of the molecule is O=C1C[C@@H](c2ccccc2)N=C(SCC(=O)Nc2cccc3ccccc23)N1. The van der Waals surface area contributed by atoms with E-state index in [0.717, 1.165) is 22.0 Å². The van der Waals surface area contributed by atoms with E-state index in [1.807, 2.05) is 72.8 Å². The van der Waals surface area contributed by atoms with Gasteiger partial charge in [0.25, 0.3) is 0 Å². The first-order chi connectivity index (χ1) is 13.7. The van der Waals surface area contributed by atoms with Gasteiger partial charge in [-0.1, -0.05) is 78.5 Å². The summed E-state index contributed by atoms with van der Waals surface area (Å²) < 4.78 is 0. The number of nitrogens with one attached hydrogen (secondary N) is 2. The van der Waals surface area contributed by atoms with Gasteiger partial charge in [-0.2, -0.15) is 0 Å². The number of aliphatic imine (C=N–C) groups is 1. The molecule has 3 aromatic rings. The highest BCUT2D eigenvalue weighted by atomic mass is 32.2. The number of hydrogen-bond acceptors (Lipinski definition) is 4. The molecule has 0 spiro atoms. The number of anilines is 1. The van der Waals surface area contributed by atoms with Crippen LogP contribution in [-0.2, 0) is 9.59 Å². The molecule has 140 valence electrons. The molecule has 0 aliphatic carbocycles. The molecule has 4 rings (SSSR count). The molecule has 0 aromatic heterocycles. The number of fused-ring (bicyclic) bond motifs is 1. The number of benzene rings is 3. The highest BCUT2D eigenvalue weighted by Crippen LogP contribution is 2.26. The minimum absolute atomic E-state index is 0.0826. The Labute approximate surface area is 167 Å². The van der Waals surface area contributed by atoms with E-state index < -0.39 is 0 Å². The van der Waals surface area contributed by atoms with Crippen molar-refractivity contribution in [2.24, 2.45) is 4.99 Å². The third-order valence-corrected chi connectivity index (χ3v) is 5.37. The normalized spacial score (nSPS) is 16.4. The number of amides is 2. The molecular formula is C22H19N3O2S. The van der Waals surface area contributed by atoms with Crippen molar-refractivity contribution in [3.05, 3.63) is 78.4 Å². The van der Waals surface area contributed by atoms with Crippen molar-refractivity contribution in [3.63, 3.8) is 0 Å². The molecule has 0 saturated heterocycles. The summed E-state index contributed by atoms with van der Waals surface area (Å²) in [6.45, 7) is 0. The topological polar surface area (TPSA) is 70.6 Å². The van der Waals surface area contributed by atoms with Crippen LogP contribution < -0.4 is 10.6 Å². The number of amidine groups is 1. The quantitative estimate of drug-likeness (QED) is 0.705. The number of carbonyl (C=O) groups is 2. The Morgan fingerprint density at radius 2 is 1.79 bits per heavy atom. The third kappa shape index (κ3) is 4.23. The smallest absolute Gasteiger partial charge is 0.234 e. The van der Waals surface area contributed by atoms with Crippen LogP contribution in [0.3, 0.4) is 0 Å². The Morgan fingerprint density at radius 1 is 1.04 bits per heavy atom. The van der Waals surface area contributed by atoms with Crippen molar-refractivity contribution < 1.29 is 9.59 Å². The molecular weight excluding hydrogens is 370 g/mol. The van der Waals surface area contributed by atoms with Gasteiger partial charge in [0.1, 0.15) is 0 Å². The first-order valence-electron chi connectivity index (χ1n) is 9.02. The molecule has 2 N–H and O–H groups in total. The second-order valence-electron chi connectivity index (χ2n) is 6.48. The summed E-state index contributed by atoms with van der Waals surface area (Å²) in [7, 11) is 0. The van der Waals surface area contributed by atoms with Crippen LogP contribution in [-0.4, -0.2) is 22.7 Å². The van der Waals surface area contributed by atoms with Gasteiger partial charge in [0.05, 0.1) is 18.2 Å². The summed E-state index contributed by atoms with van der Waals surface area (Å²) in [5.41, 5.74) is 1.77. The Bertz CT molecular complexity index is 1040. The minimum atomic E-state index is -0.210. The monoisotopic (exact) mass is 389 g/mol. The highest BCUT2D eigenvalue weighted by Gasteiger charge is 2.23. The van der Waals surface area contributed by atoms with E-state index in [0.29, 0.717) is 11.6 Å². The molecule has 6 heteroatoms. The fourth-order valence-electron chi connectivity index (χ4n) is 3.16. The number of carbonyl (C=O) groups excluding carboxylic acids is 2. The number of hydrogen-bond donors (Lipinski definition) is 2. The summed E-state index contributed by atoms with van der Waals surface area (Å²) in [6, 6.07) is 23.2. The van der Waals surface area contributed by atoms with Crippen molar-refractivity contribution in [1.29, 1.82) is 0 Å². The van der Waals surface area contributed by atoms with Gasteiger partial charge in [-0.05, 0) is 17.0 Å². The van der Waals surface area contributed by atoms with E-state index in [2.05, 4.69) is 15.6 Å². The molecule has 0 unspecified atom stereocenters. The Kier molecular flexibility index (Phi) is 5.39. The van der Waals surface area contributed by atoms with Crippen molar-refractivity contribution in [3.8, 4) is 0 Å². The molecule has 2 amide bonds. The first kappa shape index (κ1) is 18.3. The molecule has 1 aliphatic rings. The summed E-state index contributed by atoms with van der Waals surface area (Å²) in [6.07, 6.45) is 0.316. The van der Waals surface area contributed by atoms with Gasteiger partial charge in [-0.15, -0.1) is 0 Å². The highest BCUT2D eigenvalue weighted by molar-refractivity contribution is 8.14. The zero-order valence-corrected chi connectivity index (χ0v) is 15.9. The maximum Gasteiger partial charge on any atom is 0.234 e. The van der Waals surface area contributed by atoms with Crippen LogP contribution in [0.1, 0.15) is 18.0 Å². The summed E-state index contributed by atoms with van der Waals surface area (Å²) in [4.78, 5) is 29.1. The fourth-order valence-corrected chi connectivity index (χ4v) is 3.89. The van der Waals surface area contributed by atoms with E-state index in [4.69, 9.17) is 0 Å². The van der Waals surface area contributed by atoms with Gasteiger partial charge in [-0.3, -0.25) is 14.6 Å². The molecule has 5 nitrogen and oxygen atoms in total. The standard InChI is InChI=1S/C22H19N3O2S/c26-20-13-19(16-8-2-1-3-9-16)24-22(25-20)28-14-21(27)23-18-12-6-10-15-7-4-5-11-17(15)18/h1-12,19H,13-14H2,(H,23,27)(H,24,25,26)/t19-/m0/s1. The van der Waals surface area contributed by atoms with Crippen molar-refractivity contribution in [2.75, 3.05) is 11.1 Å². The minimum Gasteiger partial charge on any atom is -0.325 e. The van der Waals surface area contributed by atoms with E-state index >= 15 is 0 Å². The molecule has 28 heavy (non-hydrogen) atoms. The zero-order chi connectivity index (χ0) is 19.3. The predicted molar refractivity (Wildman–Crippen MR) is 114 cm³/mol. The van der Waals surface area contributed by atoms with Crippen LogP contribution in [0.25, 0.3) is 10.8 Å². The first-order valence-corrected chi connectivity index (χ1v) is 10.0. The lowest BCUT2D eigenvalue weighted by Gasteiger charge is -2.20. The molecule has 0 radical (unpaired) electrons. The molecule has 0 fully saturated rings. The van der Waals surface area contributed by atoms with Crippen LogP contribution >= 0.6 is 11.8 Å². The molecule has 1 heterocycles. The number of thioether (sulfide) groups is 1. The second kappa shape index (κ2) is 8.27. The second-order valence-corrected chi connectivity index (χ2v) is 7.44. The van der Waals surface area contributed by atoms with Gasteiger partial charge >= 0.3 is 0 Å². The number of nitrogens with zero attached hydrogens (tertiary/aromatic N) is 1. The average molecular weight is 389 g/mol. The van der Waals surface area contributed by atoms with Gasteiger partial charge < -0.3 is 10.6 Å². The van der Waals surface area contributed by atoms with E-state index in [1.165, 1.54) is 11.8 Å². The summed E-state index contributed by atoms with van der Waals surface area (Å²) in [5, 5.41) is 8.26.